The van der Waals surface area contributed by atoms with Crippen LogP contribution in [0.1, 0.15) is 18.7 Å². The van der Waals surface area contributed by atoms with Crippen LogP contribution in [0.4, 0.5) is 0 Å². The van der Waals surface area contributed by atoms with E-state index in [9.17, 15) is 14.7 Å². The molecule has 1 saturated heterocycles. The average molecular weight is 303 g/mol. The molecular formula is C15H17N3O4. The zero-order valence-corrected chi connectivity index (χ0v) is 12.0. The molecule has 2 amide bonds. The highest BCUT2D eigenvalue weighted by Crippen LogP contribution is 2.20. The van der Waals surface area contributed by atoms with Gasteiger partial charge in [0.1, 0.15) is 11.3 Å². The monoisotopic (exact) mass is 303 g/mol. The van der Waals surface area contributed by atoms with E-state index in [1.807, 2.05) is 0 Å². The molecule has 0 bridgehead atoms. The van der Waals surface area contributed by atoms with Crippen molar-refractivity contribution in [2.45, 2.75) is 19.3 Å². The Labute approximate surface area is 126 Å². The van der Waals surface area contributed by atoms with Crippen molar-refractivity contribution in [3.63, 3.8) is 0 Å². The lowest BCUT2D eigenvalue weighted by Crippen LogP contribution is -2.38. The van der Waals surface area contributed by atoms with Crippen molar-refractivity contribution in [3.05, 3.63) is 24.1 Å². The molecule has 2 aromatic rings. The van der Waals surface area contributed by atoms with Gasteiger partial charge in [0.05, 0.1) is 6.54 Å². The molecule has 0 unspecified atom stereocenters. The Morgan fingerprint density at radius 1 is 1.45 bits per heavy atom. The highest BCUT2D eigenvalue weighted by atomic mass is 16.3. The fourth-order valence-electron chi connectivity index (χ4n) is 2.48. The summed E-state index contributed by atoms with van der Waals surface area (Å²) in [5, 5.41) is 12.1. The molecule has 22 heavy (non-hydrogen) atoms. The highest BCUT2D eigenvalue weighted by molar-refractivity contribution is 5.85. The first-order valence-corrected chi connectivity index (χ1v) is 7.25. The number of hydrogen-bond donors (Lipinski definition) is 2. The molecule has 116 valence electrons. The zero-order valence-electron chi connectivity index (χ0n) is 12.0. The summed E-state index contributed by atoms with van der Waals surface area (Å²) in [6.45, 7) is 1.15. The normalized spacial score (nSPS) is 14.7. The quantitative estimate of drug-likeness (QED) is 0.852. The van der Waals surface area contributed by atoms with E-state index in [2.05, 4.69) is 10.3 Å². The minimum Gasteiger partial charge on any atom is -0.508 e. The summed E-state index contributed by atoms with van der Waals surface area (Å²) < 4.78 is 5.49. The van der Waals surface area contributed by atoms with E-state index >= 15 is 0 Å². The molecule has 7 heteroatoms. The van der Waals surface area contributed by atoms with Crippen molar-refractivity contribution in [1.29, 1.82) is 0 Å². The molecule has 0 saturated carbocycles. The second-order valence-corrected chi connectivity index (χ2v) is 5.28. The molecule has 1 fully saturated rings. The van der Waals surface area contributed by atoms with Crippen LogP contribution in [0, 0.1) is 0 Å². The number of amides is 2. The van der Waals surface area contributed by atoms with Gasteiger partial charge in [-0.15, -0.1) is 0 Å². The molecule has 7 nitrogen and oxygen atoms in total. The van der Waals surface area contributed by atoms with Crippen molar-refractivity contribution in [2.75, 3.05) is 19.6 Å². The van der Waals surface area contributed by atoms with Crippen LogP contribution in [0.5, 0.6) is 5.75 Å². The van der Waals surface area contributed by atoms with E-state index in [0.29, 0.717) is 42.9 Å². The summed E-state index contributed by atoms with van der Waals surface area (Å²) in [6, 6.07) is 4.72. The Hall–Kier alpha value is -2.57. The molecule has 1 aliphatic rings. The number of phenols is 1. The lowest BCUT2D eigenvalue weighted by Gasteiger charge is -2.14. The number of aromatic nitrogens is 1. The molecule has 0 spiro atoms. The van der Waals surface area contributed by atoms with E-state index in [1.54, 1.807) is 17.0 Å². The van der Waals surface area contributed by atoms with E-state index < -0.39 is 0 Å². The predicted molar refractivity (Wildman–Crippen MR) is 78.2 cm³/mol. The van der Waals surface area contributed by atoms with E-state index in [0.717, 1.165) is 6.42 Å². The van der Waals surface area contributed by atoms with Crippen LogP contribution in [0.25, 0.3) is 11.1 Å². The van der Waals surface area contributed by atoms with Crippen LogP contribution >= 0.6 is 0 Å². The highest BCUT2D eigenvalue weighted by Gasteiger charge is 2.22. The minimum atomic E-state index is -0.177. The molecular weight excluding hydrogens is 286 g/mol. The number of benzene rings is 1. The molecule has 1 aromatic carbocycles. The standard InChI is InChI=1S/C15H17N3O4/c19-10-3-4-11-12(8-10)22-14(17-11)5-6-16-13(20)9-18-7-1-2-15(18)21/h3-4,8,19H,1-2,5-7,9H2,(H,16,20). The number of likely N-dealkylation sites (tertiary alicyclic amines) is 1. The Morgan fingerprint density at radius 2 is 2.32 bits per heavy atom. The number of aromatic hydroxyl groups is 1. The number of nitrogens with one attached hydrogen (secondary N) is 1. The number of nitrogens with zero attached hydrogens (tertiary/aromatic N) is 2. The van der Waals surface area contributed by atoms with Gasteiger partial charge in [-0.1, -0.05) is 0 Å². The SMILES string of the molecule is O=C(CN1CCCC1=O)NCCc1nc2ccc(O)cc2o1. The molecule has 0 atom stereocenters. The number of carbonyl (C=O) groups excluding carboxylic acids is 2. The van der Waals surface area contributed by atoms with Crippen molar-refractivity contribution in [3.8, 4) is 5.75 Å². The van der Waals surface area contributed by atoms with E-state index in [-0.39, 0.29) is 24.1 Å². The van der Waals surface area contributed by atoms with Crippen molar-refractivity contribution >= 4 is 22.9 Å². The first kappa shape index (κ1) is 14.4. The Bertz CT molecular complexity index is 710. The number of phenolic OH excluding ortho intramolecular Hbond substituents is 1. The largest absolute Gasteiger partial charge is 0.508 e. The fourth-order valence-corrected chi connectivity index (χ4v) is 2.48. The van der Waals surface area contributed by atoms with Gasteiger partial charge in [0, 0.05) is 32.0 Å². The summed E-state index contributed by atoms with van der Waals surface area (Å²) in [6.07, 6.45) is 1.81. The summed E-state index contributed by atoms with van der Waals surface area (Å²) in [5.41, 5.74) is 1.19. The molecule has 2 heterocycles. The maximum absolute atomic E-state index is 11.8. The van der Waals surface area contributed by atoms with Gasteiger partial charge in [-0.2, -0.15) is 0 Å². The average Bonchev–Trinajstić information content (AvgIpc) is 3.05. The predicted octanol–water partition coefficient (Wildman–Crippen LogP) is 0.814. The lowest BCUT2D eigenvalue weighted by atomic mass is 10.3. The number of rotatable bonds is 5. The van der Waals surface area contributed by atoms with Crippen molar-refractivity contribution < 1.29 is 19.1 Å². The van der Waals surface area contributed by atoms with Crippen LogP contribution in [-0.2, 0) is 16.0 Å². The lowest BCUT2D eigenvalue weighted by molar-refractivity contribution is -0.133. The van der Waals surface area contributed by atoms with E-state index in [1.165, 1.54) is 6.07 Å². The minimum absolute atomic E-state index is 0.0360. The summed E-state index contributed by atoms with van der Waals surface area (Å²) in [7, 11) is 0. The first-order chi connectivity index (χ1) is 10.6. The molecule has 0 aliphatic carbocycles. The smallest absolute Gasteiger partial charge is 0.239 e. The number of hydrogen-bond acceptors (Lipinski definition) is 5. The third-order valence-corrected chi connectivity index (χ3v) is 3.58. The summed E-state index contributed by atoms with van der Waals surface area (Å²) in [5.74, 6) is 0.481. The Morgan fingerprint density at radius 3 is 3.09 bits per heavy atom. The third-order valence-electron chi connectivity index (χ3n) is 3.58. The Balaban J connectivity index is 1.49. The molecule has 1 aromatic heterocycles. The Kier molecular flexibility index (Phi) is 3.95. The van der Waals surface area contributed by atoms with Crippen LogP contribution in [0.2, 0.25) is 0 Å². The van der Waals surface area contributed by atoms with Crippen molar-refractivity contribution in [2.24, 2.45) is 0 Å². The van der Waals surface area contributed by atoms with Crippen LogP contribution < -0.4 is 5.32 Å². The molecule has 2 N–H and O–H groups in total. The van der Waals surface area contributed by atoms with Crippen molar-refractivity contribution in [1.82, 2.24) is 15.2 Å². The molecule has 3 rings (SSSR count). The second-order valence-electron chi connectivity index (χ2n) is 5.28. The first-order valence-electron chi connectivity index (χ1n) is 7.25. The van der Waals surface area contributed by atoms with Gasteiger partial charge in [0.15, 0.2) is 11.5 Å². The summed E-state index contributed by atoms with van der Waals surface area (Å²) in [4.78, 5) is 29.0. The fraction of sp³-hybridized carbons (Fsp3) is 0.400. The van der Waals surface area contributed by atoms with Gasteiger partial charge in [-0.3, -0.25) is 9.59 Å². The number of oxazole rings is 1. The maximum Gasteiger partial charge on any atom is 0.239 e. The van der Waals surface area contributed by atoms with Gasteiger partial charge in [-0.25, -0.2) is 4.98 Å². The van der Waals surface area contributed by atoms with Gasteiger partial charge >= 0.3 is 0 Å². The third kappa shape index (κ3) is 3.19. The maximum atomic E-state index is 11.8. The van der Waals surface area contributed by atoms with Gasteiger partial charge in [0.2, 0.25) is 11.8 Å². The number of carbonyl (C=O) groups is 2. The van der Waals surface area contributed by atoms with E-state index in [4.69, 9.17) is 4.42 Å². The van der Waals surface area contributed by atoms with Gasteiger partial charge < -0.3 is 19.7 Å². The van der Waals surface area contributed by atoms with Crippen LogP contribution in [0.15, 0.2) is 22.6 Å². The molecule has 1 aliphatic heterocycles. The van der Waals surface area contributed by atoms with Crippen LogP contribution in [-0.4, -0.2) is 46.4 Å². The zero-order chi connectivity index (χ0) is 15.5. The van der Waals surface area contributed by atoms with Crippen LogP contribution in [0.3, 0.4) is 0 Å². The van der Waals surface area contributed by atoms with Gasteiger partial charge in [0.25, 0.3) is 0 Å². The second kappa shape index (κ2) is 6.05. The number of fused-ring (bicyclic) bond motifs is 1. The molecule has 0 radical (unpaired) electrons. The summed E-state index contributed by atoms with van der Waals surface area (Å²) >= 11 is 0. The van der Waals surface area contributed by atoms with Gasteiger partial charge in [-0.05, 0) is 18.6 Å². The topological polar surface area (TPSA) is 95.7 Å².